The summed E-state index contributed by atoms with van der Waals surface area (Å²) in [4.78, 5) is 2.32. The number of ether oxygens (including phenoxy) is 1. The predicted molar refractivity (Wildman–Crippen MR) is 72.9 cm³/mol. The molecule has 1 N–H and O–H groups in total. The highest BCUT2D eigenvalue weighted by atomic mass is 19.1. The summed E-state index contributed by atoms with van der Waals surface area (Å²) in [5.74, 6) is 0.640. The summed E-state index contributed by atoms with van der Waals surface area (Å²) in [5.41, 5.74) is 0.826. The van der Waals surface area contributed by atoms with Crippen molar-refractivity contribution in [1.82, 2.24) is 10.2 Å². The number of piperidine rings is 1. The number of benzene rings is 1. The largest absolute Gasteiger partial charge is 0.486 e. The molecular formula is C15H21FN2O. The first-order chi connectivity index (χ1) is 9.12. The Kier molecular flexibility index (Phi) is 3.23. The molecule has 19 heavy (non-hydrogen) atoms. The molecule has 3 nitrogen and oxygen atoms in total. The second-order valence-electron chi connectivity index (χ2n) is 5.85. The van der Waals surface area contributed by atoms with Gasteiger partial charge in [0, 0.05) is 24.6 Å². The molecule has 2 aliphatic rings. The fourth-order valence-electron chi connectivity index (χ4n) is 3.47. The van der Waals surface area contributed by atoms with Gasteiger partial charge in [0.25, 0.3) is 0 Å². The van der Waals surface area contributed by atoms with Crippen LogP contribution in [0.2, 0.25) is 0 Å². The highest BCUT2D eigenvalue weighted by Crippen LogP contribution is 2.43. The third-order valence-electron chi connectivity index (χ3n) is 4.33. The number of halogens is 1. The molecule has 2 aliphatic heterocycles. The maximum Gasteiger partial charge on any atom is 0.125 e. The molecule has 3 rings (SSSR count). The van der Waals surface area contributed by atoms with Crippen molar-refractivity contribution in [3.05, 3.63) is 29.6 Å². The van der Waals surface area contributed by atoms with Crippen LogP contribution in [0.25, 0.3) is 0 Å². The summed E-state index contributed by atoms with van der Waals surface area (Å²) in [7, 11) is 4.07. The van der Waals surface area contributed by atoms with Gasteiger partial charge in [-0.05, 0) is 51.7 Å². The third kappa shape index (κ3) is 2.35. The Bertz CT molecular complexity index is 479. The summed E-state index contributed by atoms with van der Waals surface area (Å²) in [6.45, 7) is 2.08. The summed E-state index contributed by atoms with van der Waals surface area (Å²) < 4.78 is 19.7. The summed E-state index contributed by atoms with van der Waals surface area (Å²) in [6.07, 6.45) is 3.14. The topological polar surface area (TPSA) is 24.5 Å². The third-order valence-corrected chi connectivity index (χ3v) is 4.33. The lowest BCUT2D eigenvalue weighted by molar-refractivity contribution is -0.0264. The smallest absolute Gasteiger partial charge is 0.125 e. The average molecular weight is 264 g/mol. The molecule has 2 atom stereocenters. The molecule has 1 aromatic rings. The van der Waals surface area contributed by atoms with E-state index in [1.165, 1.54) is 6.07 Å². The summed E-state index contributed by atoms with van der Waals surface area (Å²) in [6, 6.07) is 5.02. The number of rotatable bonds is 1. The van der Waals surface area contributed by atoms with Crippen LogP contribution in [-0.4, -0.2) is 37.7 Å². The highest BCUT2D eigenvalue weighted by Gasteiger charge is 2.42. The van der Waals surface area contributed by atoms with E-state index >= 15 is 0 Å². The first-order valence-corrected chi connectivity index (χ1v) is 6.96. The molecule has 0 amide bonds. The molecule has 0 aromatic heterocycles. The summed E-state index contributed by atoms with van der Waals surface area (Å²) in [5, 5.41) is 3.31. The maximum absolute atomic E-state index is 13.4. The van der Waals surface area contributed by atoms with Gasteiger partial charge in [0.2, 0.25) is 0 Å². The van der Waals surface area contributed by atoms with E-state index in [1.807, 2.05) is 7.05 Å². The number of likely N-dealkylation sites (N-methyl/N-ethyl adjacent to an activating group) is 1. The number of hydrogen-bond acceptors (Lipinski definition) is 3. The zero-order chi connectivity index (χ0) is 13.5. The van der Waals surface area contributed by atoms with Gasteiger partial charge in [-0.15, -0.1) is 0 Å². The number of fused-ring (bicyclic) bond motifs is 1. The van der Waals surface area contributed by atoms with Gasteiger partial charge in [-0.25, -0.2) is 4.39 Å². The van der Waals surface area contributed by atoms with Crippen LogP contribution >= 0.6 is 0 Å². The Labute approximate surface area is 113 Å². The van der Waals surface area contributed by atoms with Gasteiger partial charge in [-0.2, -0.15) is 0 Å². The van der Waals surface area contributed by atoms with Crippen LogP contribution in [0.1, 0.15) is 30.9 Å². The monoisotopic (exact) mass is 264 g/mol. The number of hydrogen-bond donors (Lipinski definition) is 1. The van der Waals surface area contributed by atoms with E-state index in [9.17, 15) is 4.39 Å². The van der Waals surface area contributed by atoms with Crippen LogP contribution < -0.4 is 10.1 Å². The standard InChI is InChI=1S/C15H21FN2O/c1-17-13-9-15(6-3-7-18(2)10-15)19-14-5-4-11(16)8-12(13)14/h4-5,8,13,17H,3,6-7,9-10H2,1-2H3. The van der Waals surface area contributed by atoms with Crippen LogP contribution in [0.5, 0.6) is 5.75 Å². The van der Waals surface area contributed by atoms with Gasteiger partial charge in [-0.1, -0.05) is 0 Å². The molecule has 0 saturated carbocycles. The van der Waals surface area contributed by atoms with Crippen LogP contribution in [-0.2, 0) is 0 Å². The SMILES string of the molecule is CNC1CC2(CCCN(C)C2)Oc2ccc(F)cc21. The van der Waals surface area contributed by atoms with Crippen LogP contribution in [0.15, 0.2) is 18.2 Å². The molecule has 0 bridgehead atoms. The normalized spacial score (nSPS) is 31.0. The van der Waals surface area contributed by atoms with Crippen molar-refractivity contribution in [2.75, 3.05) is 27.2 Å². The van der Waals surface area contributed by atoms with Crippen molar-refractivity contribution in [2.45, 2.75) is 30.9 Å². The van der Waals surface area contributed by atoms with Crippen LogP contribution in [0, 0.1) is 5.82 Å². The van der Waals surface area contributed by atoms with Gasteiger partial charge in [0.15, 0.2) is 0 Å². The van der Waals surface area contributed by atoms with Crippen molar-refractivity contribution in [3.63, 3.8) is 0 Å². The molecule has 2 unspecified atom stereocenters. The van der Waals surface area contributed by atoms with E-state index in [0.717, 1.165) is 43.7 Å². The highest BCUT2D eigenvalue weighted by molar-refractivity contribution is 5.39. The minimum atomic E-state index is -0.195. The van der Waals surface area contributed by atoms with Gasteiger partial charge < -0.3 is 15.0 Å². The maximum atomic E-state index is 13.4. The average Bonchev–Trinajstić information content (AvgIpc) is 2.38. The molecular weight excluding hydrogens is 243 g/mol. The van der Waals surface area contributed by atoms with Gasteiger partial charge in [0.05, 0.1) is 0 Å². The van der Waals surface area contributed by atoms with Crippen molar-refractivity contribution in [3.8, 4) is 5.75 Å². The first kappa shape index (κ1) is 12.9. The van der Waals surface area contributed by atoms with Crippen LogP contribution in [0.3, 0.4) is 0 Å². The van der Waals surface area contributed by atoms with E-state index in [2.05, 4.69) is 17.3 Å². The zero-order valence-electron chi connectivity index (χ0n) is 11.6. The van der Waals surface area contributed by atoms with Crippen molar-refractivity contribution in [1.29, 1.82) is 0 Å². The van der Waals surface area contributed by atoms with Crippen LogP contribution in [0.4, 0.5) is 4.39 Å². The number of nitrogens with one attached hydrogen (secondary N) is 1. The van der Waals surface area contributed by atoms with E-state index in [-0.39, 0.29) is 17.5 Å². The zero-order valence-corrected chi connectivity index (χ0v) is 11.6. The van der Waals surface area contributed by atoms with Gasteiger partial charge in [0.1, 0.15) is 17.2 Å². The van der Waals surface area contributed by atoms with E-state index in [0.29, 0.717) is 0 Å². The molecule has 104 valence electrons. The Morgan fingerprint density at radius 2 is 2.32 bits per heavy atom. The first-order valence-electron chi connectivity index (χ1n) is 6.96. The van der Waals surface area contributed by atoms with Crippen molar-refractivity contribution in [2.24, 2.45) is 0 Å². The second kappa shape index (κ2) is 4.76. The second-order valence-corrected chi connectivity index (χ2v) is 5.85. The predicted octanol–water partition coefficient (Wildman–Crippen LogP) is 2.33. The number of likely N-dealkylation sites (tertiary alicyclic amines) is 1. The molecule has 1 saturated heterocycles. The Morgan fingerprint density at radius 3 is 3.05 bits per heavy atom. The Hall–Kier alpha value is -1.13. The quantitative estimate of drug-likeness (QED) is 0.842. The van der Waals surface area contributed by atoms with E-state index in [4.69, 9.17) is 4.74 Å². The molecule has 2 heterocycles. The van der Waals surface area contributed by atoms with Crippen molar-refractivity contribution < 1.29 is 9.13 Å². The molecule has 1 spiro atoms. The van der Waals surface area contributed by atoms with E-state index < -0.39 is 0 Å². The Balaban J connectivity index is 1.95. The minimum absolute atomic E-state index is 0.120. The molecule has 1 fully saturated rings. The molecule has 4 heteroatoms. The molecule has 1 aromatic carbocycles. The number of nitrogens with zero attached hydrogens (tertiary/aromatic N) is 1. The lowest BCUT2D eigenvalue weighted by Gasteiger charge is -2.46. The molecule has 0 aliphatic carbocycles. The minimum Gasteiger partial charge on any atom is -0.486 e. The lowest BCUT2D eigenvalue weighted by Crippen LogP contribution is -2.54. The lowest BCUT2D eigenvalue weighted by atomic mass is 9.82. The Morgan fingerprint density at radius 1 is 1.47 bits per heavy atom. The molecule has 0 radical (unpaired) electrons. The van der Waals surface area contributed by atoms with E-state index in [1.54, 1.807) is 12.1 Å². The van der Waals surface area contributed by atoms with Gasteiger partial charge >= 0.3 is 0 Å². The fraction of sp³-hybridized carbons (Fsp3) is 0.600. The fourth-order valence-corrected chi connectivity index (χ4v) is 3.47. The summed E-state index contributed by atoms with van der Waals surface area (Å²) >= 11 is 0. The van der Waals surface area contributed by atoms with Gasteiger partial charge in [-0.3, -0.25) is 0 Å². The van der Waals surface area contributed by atoms with Crippen molar-refractivity contribution >= 4 is 0 Å².